The van der Waals surface area contributed by atoms with Gasteiger partial charge in [-0.1, -0.05) is 70.6 Å². The van der Waals surface area contributed by atoms with Crippen molar-refractivity contribution in [2.75, 3.05) is 0 Å². The van der Waals surface area contributed by atoms with Crippen molar-refractivity contribution in [3.05, 3.63) is 60.5 Å². The molecule has 0 amide bonds. The maximum absolute atomic E-state index is 2.21. The summed E-state index contributed by atoms with van der Waals surface area (Å²) in [6.07, 6.45) is 4.42. The van der Waals surface area contributed by atoms with Gasteiger partial charge in [-0.2, -0.15) is 0 Å². The maximum atomic E-state index is 2.21. The van der Waals surface area contributed by atoms with Gasteiger partial charge in [0.2, 0.25) is 0 Å². The first-order valence-corrected chi connectivity index (χ1v) is 11.3. The van der Waals surface area contributed by atoms with Crippen LogP contribution in [-0.4, -0.2) is 0 Å². The quantitative estimate of drug-likeness (QED) is 0.436. The lowest BCUT2D eigenvalue weighted by molar-refractivity contribution is 1.75. The molecular formula is C12H6S7. The number of hydrogen-bond donors (Lipinski definition) is 0. The van der Waals surface area contributed by atoms with E-state index in [4.69, 9.17) is 0 Å². The van der Waals surface area contributed by atoms with Gasteiger partial charge in [0.1, 0.15) is 0 Å². The van der Waals surface area contributed by atoms with E-state index < -0.39 is 0 Å². The molecule has 0 nitrogen and oxygen atoms in total. The molecule has 4 aliphatic rings. The van der Waals surface area contributed by atoms with Gasteiger partial charge in [-0.25, -0.2) is 0 Å². The fourth-order valence-electron chi connectivity index (χ4n) is 1.55. The molecule has 0 radical (unpaired) electrons. The summed E-state index contributed by atoms with van der Waals surface area (Å²) < 4.78 is 7.25. The topological polar surface area (TPSA) is 0 Å². The molecule has 96 valence electrons. The molecule has 0 aromatic rings. The van der Waals surface area contributed by atoms with E-state index in [1.807, 2.05) is 70.6 Å². The molecule has 0 aliphatic carbocycles. The average Bonchev–Trinajstić information content (AvgIpc) is 3.14. The largest absolute Gasteiger partial charge is 0.106 e. The van der Waals surface area contributed by atoms with Crippen LogP contribution in [0.2, 0.25) is 0 Å². The van der Waals surface area contributed by atoms with Crippen molar-refractivity contribution in [2.45, 2.75) is 0 Å². The predicted octanol–water partition coefficient (Wildman–Crippen LogP) is 7.14. The summed E-state index contributed by atoms with van der Waals surface area (Å²) in [7, 11) is 0. The molecule has 0 aromatic carbocycles. The predicted molar refractivity (Wildman–Crippen MR) is 102 cm³/mol. The molecule has 0 unspecified atom stereocenters. The van der Waals surface area contributed by atoms with Crippen LogP contribution in [0.4, 0.5) is 0 Å². The molecule has 0 saturated heterocycles. The van der Waals surface area contributed by atoms with Crippen LogP contribution in [0, 0.1) is 0 Å². The summed E-state index contributed by atoms with van der Waals surface area (Å²) in [5, 5.41) is 8.64. The van der Waals surface area contributed by atoms with E-state index in [9.17, 15) is 0 Å². The van der Waals surface area contributed by atoms with Crippen LogP contribution in [0.25, 0.3) is 0 Å². The Kier molecular flexibility index (Phi) is 4.24. The Balaban J connectivity index is 1.53. The first-order valence-electron chi connectivity index (χ1n) is 5.31. The van der Waals surface area contributed by atoms with Crippen LogP contribution in [-0.2, 0) is 0 Å². The zero-order chi connectivity index (χ0) is 12.7. The van der Waals surface area contributed by atoms with Crippen LogP contribution in [0.15, 0.2) is 60.5 Å². The third-order valence-corrected chi connectivity index (χ3v) is 11.3. The van der Waals surface area contributed by atoms with Crippen molar-refractivity contribution in [1.82, 2.24) is 0 Å². The summed E-state index contributed by atoms with van der Waals surface area (Å²) in [6, 6.07) is 0. The van der Waals surface area contributed by atoms with Gasteiger partial charge in [0, 0.05) is 0 Å². The van der Waals surface area contributed by atoms with Gasteiger partial charge in [-0.3, -0.25) is 0 Å². The van der Waals surface area contributed by atoms with E-state index in [2.05, 4.69) is 33.8 Å². The molecular weight excluding hydrogens is 369 g/mol. The SMILES string of the molecule is C1=CC(=C2SC3=C(S2)SC(=C2SC=CS2)S3)C=CS1. The molecule has 0 aromatic heterocycles. The summed E-state index contributed by atoms with van der Waals surface area (Å²) in [5.41, 5.74) is 1.35. The van der Waals surface area contributed by atoms with Crippen LogP contribution in [0.5, 0.6) is 0 Å². The highest BCUT2D eigenvalue weighted by Crippen LogP contribution is 2.69. The van der Waals surface area contributed by atoms with Gasteiger partial charge < -0.3 is 0 Å². The summed E-state index contributed by atoms with van der Waals surface area (Å²) in [6.45, 7) is 0. The van der Waals surface area contributed by atoms with Gasteiger partial charge in [-0.15, -0.1) is 11.8 Å². The molecule has 0 spiro atoms. The van der Waals surface area contributed by atoms with Gasteiger partial charge in [-0.05, 0) is 39.4 Å². The second-order valence-corrected chi connectivity index (χ2v) is 11.6. The molecule has 0 fully saturated rings. The third-order valence-electron chi connectivity index (χ3n) is 2.37. The van der Waals surface area contributed by atoms with Crippen molar-refractivity contribution < 1.29 is 0 Å². The second-order valence-electron chi connectivity index (χ2n) is 3.55. The zero-order valence-corrected chi connectivity index (χ0v) is 15.0. The lowest BCUT2D eigenvalue weighted by Crippen LogP contribution is -1.78. The van der Waals surface area contributed by atoms with E-state index in [0.717, 1.165) is 0 Å². The van der Waals surface area contributed by atoms with Gasteiger partial charge in [0.25, 0.3) is 0 Å². The molecule has 4 rings (SSSR count). The van der Waals surface area contributed by atoms with Crippen LogP contribution in [0.1, 0.15) is 0 Å². The highest BCUT2D eigenvalue weighted by molar-refractivity contribution is 8.49. The zero-order valence-electron chi connectivity index (χ0n) is 9.32. The lowest BCUT2D eigenvalue weighted by Gasteiger charge is -2.07. The van der Waals surface area contributed by atoms with Crippen LogP contribution >= 0.6 is 82.3 Å². The monoisotopic (exact) mass is 374 g/mol. The first-order chi connectivity index (χ1) is 9.40. The average molecular weight is 375 g/mol. The lowest BCUT2D eigenvalue weighted by atomic mass is 10.3. The summed E-state index contributed by atoms with van der Waals surface area (Å²) >= 11 is 13.2. The van der Waals surface area contributed by atoms with Gasteiger partial charge in [0.05, 0.1) is 21.2 Å². The van der Waals surface area contributed by atoms with Gasteiger partial charge >= 0.3 is 0 Å². The van der Waals surface area contributed by atoms with Gasteiger partial charge in [0.15, 0.2) is 0 Å². The summed E-state index contributed by atoms with van der Waals surface area (Å²) in [4.78, 5) is 0. The molecule has 4 heterocycles. The highest BCUT2D eigenvalue weighted by Gasteiger charge is 2.33. The molecule has 7 heteroatoms. The Labute approximate surface area is 141 Å². The fourth-order valence-corrected chi connectivity index (χ4v) is 10.6. The molecule has 0 atom stereocenters. The Morgan fingerprint density at radius 1 is 0.526 bits per heavy atom. The molecule has 0 bridgehead atoms. The number of rotatable bonds is 0. The van der Waals surface area contributed by atoms with Crippen LogP contribution in [0.3, 0.4) is 0 Å². The number of allylic oxidation sites excluding steroid dienone is 3. The first kappa shape index (κ1) is 13.5. The highest BCUT2D eigenvalue weighted by atomic mass is 32.3. The minimum atomic E-state index is 1.35. The van der Waals surface area contributed by atoms with E-state index in [0.29, 0.717) is 0 Å². The van der Waals surface area contributed by atoms with E-state index in [1.54, 1.807) is 11.8 Å². The molecule has 4 aliphatic heterocycles. The van der Waals surface area contributed by atoms with Crippen molar-refractivity contribution in [1.29, 1.82) is 0 Å². The Morgan fingerprint density at radius 3 is 1.68 bits per heavy atom. The number of hydrogen-bond acceptors (Lipinski definition) is 7. The standard InChI is InChI=1S/C12H6S7/c1-3-13-4-2-7(1)8-16-11-12(17-8)19-10(18-11)9-14-5-6-15-9/h1-6H. The molecule has 19 heavy (non-hydrogen) atoms. The summed E-state index contributed by atoms with van der Waals surface area (Å²) in [5.74, 6) is 0. The number of thioether (sulfide) groups is 7. The van der Waals surface area contributed by atoms with Crippen molar-refractivity contribution in [3.63, 3.8) is 0 Å². The third kappa shape index (κ3) is 2.80. The Hall–Kier alpha value is 0.890. The van der Waals surface area contributed by atoms with Crippen LogP contribution < -0.4 is 0 Å². The normalized spacial score (nSPS) is 25.3. The van der Waals surface area contributed by atoms with Crippen molar-refractivity contribution >= 4 is 82.3 Å². The Morgan fingerprint density at radius 2 is 1.05 bits per heavy atom. The molecule has 0 N–H and O–H groups in total. The minimum Gasteiger partial charge on any atom is -0.106 e. The second kappa shape index (κ2) is 5.94. The van der Waals surface area contributed by atoms with E-state index >= 15 is 0 Å². The minimum absolute atomic E-state index is 1.35. The van der Waals surface area contributed by atoms with Crippen molar-refractivity contribution in [2.24, 2.45) is 0 Å². The molecule has 0 saturated carbocycles. The fraction of sp³-hybridized carbons (Fsp3) is 0. The van der Waals surface area contributed by atoms with Crippen molar-refractivity contribution in [3.8, 4) is 0 Å². The maximum Gasteiger partial charge on any atom is 0.0717 e. The smallest absolute Gasteiger partial charge is 0.0717 e. The van der Waals surface area contributed by atoms with E-state index in [1.165, 1.54) is 26.8 Å². The Bertz CT molecular complexity index is 572. The van der Waals surface area contributed by atoms with E-state index in [-0.39, 0.29) is 0 Å².